The van der Waals surface area contributed by atoms with E-state index in [1.807, 2.05) is 41.3 Å². The van der Waals surface area contributed by atoms with Gasteiger partial charge in [0.2, 0.25) is 0 Å². The van der Waals surface area contributed by atoms with E-state index in [4.69, 9.17) is 9.47 Å². The molecule has 3 aromatic rings. The summed E-state index contributed by atoms with van der Waals surface area (Å²) in [5.41, 5.74) is 4.38. The number of benzene rings is 2. The summed E-state index contributed by atoms with van der Waals surface area (Å²) in [5, 5.41) is 7.60. The van der Waals surface area contributed by atoms with Gasteiger partial charge in [0.05, 0.1) is 25.5 Å². The standard InChI is InChI=1S/C28H35N3O3/c1-4-6-8-18-31-27(21-12-16-23(17-13-21)34-19-9-7-5-2)24-25(29-30-26(24)28(31)32)20-10-14-22(33-3)15-11-20/h10-17,27H,4-9,18-19H2,1-3H3,(H,29,30). The van der Waals surface area contributed by atoms with Crippen molar-refractivity contribution in [3.63, 3.8) is 0 Å². The second-order valence-electron chi connectivity index (χ2n) is 8.82. The topological polar surface area (TPSA) is 67.5 Å². The smallest absolute Gasteiger partial charge is 0.273 e. The van der Waals surface area contributed by atoms with Crippen LogP contribution in [0.15, 0.2) is 48.5 Å². The average molecular weight is 462 g/mol. The number of H-pyrrole nitrogens is 1. The van der Waals surface area contributed by atoms with E-state index in [0.717, 1.165) is 72.7 Å². The molecule has 1 aliphatic heterocycles. The molecular formula is C28H35N3O3. The van der Waals surface area contributed by atoms with E-state index in [1.165, 1.54) is 12.8 Å². The molecule has 0 bridgehead atoms. The third-order valence-corrected chi connectivity index (χ3v) is 6.44. The van der Waals surface area contributed by atoms with E-state index in [-0.39, 0.29) is 11.9 Å². The second-order valence-corrected chi connectivity index (χ2v) is 8.82. The summed E-state index contributed by atoms with van der Waals surface area (Å²) in [6, 6.07) is 15.8. The Morgan fingerprint density at radius 3 is 2.26 bits per heavy atom. The second kappa shape index (κ2) is 11.2. The monoisotopic (exact) mass is 461 g/mol. The minimum atomic E-state index is -0.177. The molecule has 4 rings (SSSR count). The number of carbonyl (C=O) groups excluding carboxylic acids is 1. The van der Waals surface area contributed by atoms with E-state index in [1.54, 1.807) is 7.11 Å². The average Bonchev–Trinajstić information content (AvgIpc) is 3.42. The molecule has 1 unspecified atom stereocenters. The van der Waals surface area contributed by atoms with Crippen LogP contribution in [0.3, 0.4) is 0 Å². The highest BCUT2D eigenvalue weighted by atomic mass is 16.5. The van der Waals surface area contributed by atoms with Gasteiger partial charge in [-0.15, -0.1) is 0 Å². The molecular weight excluding hydrogens is 426 g/mol. The van der Waals surface area contributed by atoms with Gasteiger partial charge >= 0.3 is 0 Å². The molecule has 1 aromatic heterocycles. The number of unbranched alkanes of at least 4 members (excludes halogenated alkanes) is 4. The Bertz CT molecular complexity index is 1070. The maximum atomic E-state index is 13.4. The van der Waals surface area contributed by atoms with Crippen LogP contribution in [-0.4, -0.2) is 41.3 Å². The van der Waals surface area contributed by atoms with E-state index >= 15 is 0 Å². The first-order valence-electron chi connectivity index (χ1n) is 12.4. The van der Waals surface area contributed by atoms with Gasteiger partial charge in [0.25, 0.3) is 5.91 Å². The lowest BCUT2D eigenvalue weighted by Crippen LogP contribution is -2.30. The van der Waals surface area contributed by atoms with E-state index < -0.39 is 0 Å². The first kappa shape index (κ1) is 23.9. The zero-order valence-corrected chi connectivity index (χ0v) is 20.5. The van der Waals surface area contributed by atoms with Gasteiger partial charge in [-0.3, -0.25) is 9.89 Å². The van der Waals surface area contributed by atoms with Crippen LogP contribution in [0, 0.1) is 0 Å². The van der Waals surface area contributed by atoms with Crippen molar-refractivity contribution < 1.29 is 14.3 Å². The molecule has 6 nitrogen and oxygen atoms in total. The quantitative estimate of drug-likeness (QED) is 0.317. The van der Waals surface area contributed by atoms with Crippen LogP contribution in [0.4, 0.5) is 0 Å². The van der Waals surface area contributed by atoms with Crippen LogP contribution in [0.2, 0.25) is 0 Å². The number of ether oxygens (including phenoxy) is 2. The van der Waals surface area contributed by atoms with Crippen LogP contribution in [0.1, 0.15) is 80.0 Å². The Morgan fingerprint density at radius 2 is 1.59 bits per heavy atom. The molecule has 2 aromatic carbocycles. The number of carbonyl (C=O) groups is 1. The van der Waals surface area contributed by atoms with Crippen molar-refractivity contribution in [2.45, 2.75) is 58.4 Å². The third-order valence-electron chi connectivity index (χ3n) is 6.44. The molecule has 180 valence electrons. The molecule has 1 aliphatic rings. The first-order valence-corrected chi connectivity index (χ1v) is 12.4. The number of nitrogens with one attached hydrogen (secondary N) is 1. The lowest BCUT2D eigenvalue weighted by molar-refractivity contribution is 0.0740. The number of amides is 1. The van der Waals surface area contributed by atoms with E-state index in [0.29, 0.717) is 5.69 Å². The summed E-state index contributed by atoms with van der Waals surface area (Å²) in [6.07, 6.45) is 6.60. The Kier molecular flexibility index (Phi) is 7.88. The zero-order chi connectivity index (χ0) is 23.9. The maximum absolute atomic E-state index is 13.4. The molecule has 1 N–H and O–H groups in total. The van der Waals surface area contributed by atoms with Crippen molar-refractivity contribution >= 4 is 5.91 Å². The van der Waals surface area contributed by atoms with Crippen molar-refractivity contribution in [1.29, 1.82) is 0 Å². The molecule has 34 heavy (non-hydrogen) atoms. The van der Waals surface area contributed by atoms with Crippen molar-refractivity contribution in [2.75, 3.05) is 20.3 Å². The molecule has 0 radical (unpaired) electrons. The van der Waals surface area contributed by atoms with Crippen LogP contribution in [-0.2, 0) is 0 Å². The van der Waals surface area contributed by atoms with Crippen LogP contribution in [0.5, 0.6) is 11.5 Å². The van der Waals surface area contributed by atoms with Crippen molar-refractivity contribution in [3.05, 3.63) is 65.4 Å². The molecule has 1 amide bonds. The van der Waals surface area contributed by atoms with Crippen molar-refractivity contribution in [2.24, 2.45) is 0 Å². The predicted molar refractivity (Wildman–Crippen MR) is 134 cm³/mol. The number of rotatable bonds is 12. The number of hydrogen-bond donors (Lipinski definition) is 1. The minimum absolute atomic E-state index is 0.0169. The first-order chi connectivity index (χ1) is 16.7. The predicted octanol–water partition coefficient (Wildman–Crippen LogP) is 6.39. The van der Waals surface area contributed by atoms with Gasteiger partial charge in [0, 0.05) is 17.7 Å². The van der Waals surface area contributed by atoms with Gasteiger partial charge in [0.1, 0.15) is 17.2 Å². The third kappa shape index (κ3) is 4.96. The van der Waals surface area contributed by atoms with Gasteiger partial charge in [-0.1, -0.05) is 51.7 Å². The Hall–Kier alpha value is -3.28. The summed E-state index contributed by atoms with van der Waals surface area (Å²) in [6.45, 7) is 5.81. The molecule has 0 saturated carbocycles. The summed E-state index contributed by atoms with van der Waals surface area (Å²) in [5.74, 6) is 1.67. The van der Waals surface area contributed by atoms with Crippen LogP contribution in [0.25, 0.3) is 11.3 Å². The highest BCUT2D eigenvalue weighted by molar-refractivity contribution is 6.00. The van der Waals surface area contributed by atoms with Crippen LogP contribution >= 0.6 is 0 Å². The summed E-state index contributed by atoms with van der Waals surface area (Å²) in [4.78, 5) is 15.4. The molecule has 6 heteroatoms. The summed E-state index contributed by atoms with van der Waals surface area (Å²) < 4.78 is 11.2. The number of hydrogen-bond acceptors (Lipinski definition) is 4. The van der Waals surface area contributed by atoms with Gasteiger partial charge in [-0.2, -0.15) is 5.10 Å². The van der Waals surface area contributed by atoms with Gasteiger partial charge in [-0.25, -0.2) is 0 Å². The summed E-state index contributed by atoms with van der Waals surface area (Å²) in [7, 11) is 1.65. The molecule has 0 saturated heterocycles. The van der Waals surface area contributed by atoms with Gasteiger partial charge in [0.15, 0.2) is 0 Å². The Morgan fingerprint density at radius 1 is 0.912 bits per heavy atom. The van der Waals surface area contributed by atoms with Crippen LogP contribution < -0.4 is 9.47 Å². The molecule has 1 atom stereocenters. The van der Waals surface area contributed by atoms with Crippen molar-refractivity contribution in [1.82, 2.24) is 15.1 Å². The SMILES string of the molecule is CCCCCOc1ccc(C2c3c(-c4ccc(OC)cc4)n[nH]c3C(=O)N2CCCCC)cc1. The minimum Gasteiger partial charge on any atom is -0.497 e. The Labute approximate surface area is 202 Å². The largest absolute Gasteiger partial charge is 0.497 e. The lowest BCUT2D eigenvalue weighted by Gasteiger charge is -2.26. The molecule has 2 heterocycles. The van der Waals surface area contributed by atoms with E-state index in [2.05, 4.69) is 36.2 Å². The zero-order valence-electron chi connectivity index (χ0n) is 20.5. The molecule has 0 spiro atoms. The van der Waals surface area contributed by atoms with Crippen molar-refractivity contribution in [3.8, 4) is 22.8 Å². The number of fused-ring (bicyclic) bond motifs is 1. The van der Waals surface area contributed by atoms with E-state index in [9.17, 15) is 4.79 Å². The van der Waals surface area contributed by atoms with Gasteiger partial charge in [-0.05, 0) is 54.8 Å². The normalized spacial score (nSPS) is 15.0. The van der Waals surface area contributed by atoms with Gasteiger partial charge < -0.3 is 14.4 Å². The highest BCUT2D eigenvalue weighted by Gasteiger charge is 2.41. The number of methoxy groups -OCH3 is 1. The highest BCUT2D eigenvalue weighted by Crippen LogP contribution is 2.43. The number of nitrogens with zero attached hydrogens (tertiary/aromatic N) is 2. The Balaban J connectivity index is 1.66. The lowest BCUT2D eigenvalue weighted by atomic mass is 9.96. The molecule has 0 aliphatic carbocycles. The summed E-state index contributed by atoms with van der Waals surface area (Å²) >= 11 is 0. The maximum Gasteiger partial charge on any atom is 0.273 e. The fourth-order valence-corrected chi connectivity index (χ4v) is 4.56. The number of aromatic amines is 1. The molecule has 0 fully saturated rings. The number of aromatic nitrogens is 2. The fourth-order valence-electron chi connectivity index (χ4n) is 4.56. The fraction of sp³-hybridized carbons (Fsp3) is 0.429.